The van der Waals surface area contributed by atoms with Gasteiger partial charge in [0, 0.05) is 29.6 Å². The Bertz CT molecular complexity index is 1860. The lowest BCUT2D eigenvalue weighted by Crippen LogP contribution is -2.50. The number of nitrogens with zero attached hydrogens (tertiary/aromatic N) is 6. The van der Waals surface area contributed by atoms with Crippen molar-refractivity contribution in [2.45, 2.75) is 32.4 Å². The maximum absolute atomic E-state index is 16.2. The molecule has 2 aromatic carbocycles. The molecule has 0 aliphatic carbocycles. The van der Waals surface area contributed by atoms with Gasteiger partial charge < -0.3 is 14.7 Å². The quantitative estimate of drug-likeness (QED) is 0.260. The van der Waals surface area contributed by atoms with Crippen LogP contribution in [0.2, 0.25) is 5.02 Å². The highest BCUT2D eigenvalue weighted by Gasteiger charge is 2.34. The fraction of sp³-hybridized carbons (Fsp3) is 0.280. The third-order valence-corrected chi connectivity index (χ3v) is 7.61. The molecule has 1 aliphatic heterocycles. The molecular formula is C25H20ClF2N7O4S. The Hall–Kier alpha value is -4.17. The van der Waals surface area contributed by atoms with Crippen LogP contribution < -0.4 is 5.32 Å². The van der Waals surface area contributed by atoms with Gasteiger partial charge in [0.25, 0.3) is 0 Å². The Kier molecular flexibility index (Phi) is 6.00. The van der Waals surface area contributed by atoms with E-state index in [2.05, 4.69) is 25.6 Å². The number of amides is 2. The molecule has 15 heteroatoms. The Morgan fingerprint density at radius 1 is 1.23 bits per heavy atom. The molecule has 2 amide bonds. The number of benzene rings is 2. The molecule has 1 saturated heterocycles. The first-order valence-electron chi connectivity index (χ1n) is 12.0. The number of rotatable bonds is 3. The second-order valence-corrected chi connectivity index (χ2v) is 11.6. The van der Waals surface area contributed by atoms with Crippen molar-refractivity contribution in [3.05, 3.63) is 41.1 Å². The minimum Gasteiger partial charge on any atom is -0.465 e. The van der Waals surface area contributed by atoms with E-state index in [0.717, 1.165) is 11.3 Å². The number of halogens is 3. The van der Waals surface area contributed by atoms with E-state index in [1.54, 1.807) is 25.5 Å². The van der Waals surface area contributed by atoms with E-state index in [1.807, 2.05) is 0 Å². The van der Waals surface area contributed by atoms with E-state index in [-0.39, 0.29) is 56.1 Å². The lowest BCUT2D eigenvalue weighted by Gasteiger charge is -2.36. The largest absolute Gasteiger partial charge is 0.465 e. The van der Waals surface area contributed by atoms with Crippen LogP contribution in [0.4, 0.5) is 23.5 Å². The molecule has 0 saturated carbocycles. The summed E-state index contributed by atoms with van der Waals surface area (Å²) in [5.74, 6) is -1.36. The molecule has 0 unspecified atom stereocenters. The lowest BCUT2D eigenvalue weighted by atomic mass is 10.0. The van der Waals surface area contributed by atoms with Crippen molar-refractivity contribution in [3.8, 4) is 11.1 Å². The number of fused-ring (bicyclic) bond motifs is 4. The summed E-state index contributed by atoms with van der Waals surface area (Å²) in [6.07, 6.45) is -0.426. The molecule has 206 valence electrons. The van der Waals surface area contributed by atoms with Crippen molar-refractivity contribution in [3.63, 3.8) is 0 Å². The number of hydrogen-bond donors (Lipinski definition) is 2. The molecular weight excluding hydrogens is 568 g/mol. The second-order valence-electron chi connectivity index (χ2n) is 10.2. The monoisotopic (exact) mass is 587 g/mol. The zero-order chi connectivity index (χ0) is 28.5. The summed E-state index contributed by atoms with van der Waals surface area (Å²) < 4.78 is 37.8. The average molecular weight is 588 g/mol. The number of hydrogen-bond acceptors (Lipinski definition) is 8. The highest BCUT2D eigenvalue weighted by Crippen LogP contribution is 2.42. The third-order valence-electron chi connectivity index (χ3n) is 6.34. The fourth-order valence-electron chi connectivity index (χ4n) is 4.59. The van der Waals surface area contributed by atoms with Crippen molar-refractivity contribution in [2.24, 2.45) is 0 Å². The van der Waals surface area contributed by atoms with Crippen LogP contribution in [0.3, 0.4) is 0 Å². The van der Waals surface area contributed by atoms with E-state index >= 15 is 4.39 Å². The molecule has 11 nitrogen and oxygen atoms in total. The summed E-state index contributed by atoms with van der Waals surface area (Å²) in [6.45, 7) is 5.53. The van der Waals surface area contributed by atoms with Crippen molar-refractivity contribution in [2.75, 3.05) is 18.4 Å². The number of carbonyl (C=O) groups is 2. The van der Waals surface area contributed by atoms with Crippen LogP contribution in [0.25, 0.3) is 43.3 Å². The van der Waals surface area contributed by atoms with E-state index in [0.29, 0.717) is 16.4 Å². The number of likely N-dealkylation sites (tertiary alicyclic amines) is 1. The van der Waals surface area contributed by atoms with E-state index in [1.165, 1.54) is 29.3 Å². The Morgan fingerprint density at radius 2 is 1.98 bits per heavy atom. The minimum absolute atomic E-state index is 0.00961. The zero-order valence-corrected chi connectivity index (χ0v) is 22.8. The number of nitrogens with one attached hydrogen (secondary N) is 1. The Morgan fingerprint density at radius 3 is 2.67 bits per heavy atom. The van der Waals surface area contributed by atoms with Crippen LogP contribution in [0.1, 0.15) is 26.8 Å². The molecule has 2 N–H and O–H groups in total. The molecule has 1 aliphatic rings. The van der Waals surface area contributed by atoms with Crippen LogP contribution in [0, 0.1) is 11.6 Å². The lowest BCUT2D eigenvalue weighted by molar-refractivity contribution is 0.0635. The molecule has 0 bridgehead atoms. The predicted molar refractivity (Wildman–Crippen MR) is 145 cm³/mol. The van der Waals surface area contributed by atoms with Crippen molar-refractivity contribution in [1.82, 2.24) is 29.9 Å². The van der Waals surface area contributed by atoms with Crippen LogP contribution in [0.15, 0.2) is 24.4 Å². The topological polar surface area (TPSA) is 135 Å². The highest BCUT2D eigenvalue weighted by atomic mass is 35.5. The fourth-order valence-corrected chi connectivity index (χ4v) is 5.76. The average Bonchev–Trinajstić information content (AvgIpc) is 3.43. The third kappa shape index (κ3) is 4.32. The van der Waals surface area contributed by atoms with Crippen molar-refractivity contribution < 1.29 is 28.2 Å². The van der Waals surface area contributed by atoms with Gasteiger partial charge in [-0.3, -0.25) is 10.3 Å². The van der Waals surface area contributed by atoms with Gasteiger partial charge in [0.2, 0.25) is 0 Å². The minimum atomic E-state index is -1.04. The number of ether oxygens (including phenoxy) is 1. The van der Waals surface area contributed by atoms with Crippen molar-refractivity contribution >= 4 is 72.4 Å². The molecule has 4 heterocycles. The summed E-state index contributed by atoms with van der Waals surface area (Å²) in [5, 5.41) is 20.3. The van der Waals surface area contributed by atoms with Gasteiger partial charge in [-0.2, -0.15) is 0 Å². The van der Waals surface area contributed by atoms with Gasteiger partial charge >= 0.3 is 12.2 Å². The number of carbonyl (C=O) groups excluding carboxylic acids is 1. The maximum Gasteiger partial charge on any atom is 0.413 e. The number of carboxylic acid groups (broad SMARTS) is 1. The molecule has 40 heavy (non-hydrogen) atoms. The van der Waals surface area contributed by atoms with Gasteiger partial charge in [-0.15, -0.1) is 5.10 Å². The van der Waals surface area contributed by atoms with Gasteiger partial charge in [-0.05, 0) is 39.0 Å². The van der Waals surface area contributed by atoms with Gasteiger partial charge in [0.1, 0.15) is 28.0 Å². The zero-order valence-electron chi connectivity index (χ0n) is 21.2. The van der Waals surface area contributed by atoms with Crippen LogP contribution in [0.5, 0.6) is 0 Å². The highest BCUT2D eigenvalue weighted by molar-refractivity contribution is 7.22. The standard InChI is InChI=1S/C25H20ClF2N7O4S/c1-25(2,3)39-23(36)31-22-30-19-11(4-5-14(27)21(19)40-22)16-13(26)6-12-18(17(16)28)29-7-15-20(12)35(33-32-15)10-8-34(9-10)24(37)38/h4-7,10H,8-9H2,1-3H3,(H,37,38)(H,30,31,36). The van der Waals surface area contributed by atoms with Gasteiger partial charge in [-0.25, -0.2) is 28.0 Å². The SMILES string of the molecule is CC(C)(C)OC(=O)Nc1nc2c(-c3c(Cl)cc4c(ncc5nnn(C6CN(C(=O)O)C6)c54)c3F)ccc(F)c2s1. The second kappa shape index (κ2) is 9.20. The summed E-state index contributed by atoms with van der Waals surface area (Å²) in [7, 11) is 0. The van der Waals surface area contributed by atoms with Crippen LogP contribution in [-0.4, -0.2) is 65.8 Å². The van der Waals surface area contributed by atoms with Crippen molar-refractivity contribution in [1.29, 1.82) is 0 Å². The molecule has 0 spiro atoms. The normalized spacial score (nSPS) is 14.2. The van der Waals surface area contributed by atoms with E-state index in [4.69, 9.17) is 16.3 Å². The molecule has 6 rings (SSSR count). The summed E-state index contributed by atoms with van der Waals surface area (Å²) in [6, 6.07) is 3.78. The summed E-state index contributed by atoms with van der Waals surface area (Å²) in [4.78, 5) is 33.3. The summed E-state index contributed by atoms with van der Waals surface area (Å²) in [5.41, 5.74) is 0.354. The number of pyridine rings is 1. The Labute approximate surface area is 233 Å². The first kappa shape index (κ1) is 26.1. The number of thiazole rings is 1. The van der Waals surface area contributed by atoms with Gasteiger partial charge in [0.05, 0.1) is 27.5 Å². The first-order chi connectivity index (χ1) is 18.9. The van der Waals surface area contributed by atoms with Gasteiger partial charge in [0.15, 0.2) is 10.9 Å². The Balaban J connectivity index is 1.46. The van der Waals surface area contributed by atoms with E-state index < -0.39 is 29.4 Å². The molecule has 0 radical (unpaired) electrons. The maximum atomic E-state index is 16.2. The first-order valence-corrected chi connectivity index (χ1v) is 13.2. The van der Waals surface area contributed by atoms with Crippen LogP contribution >= 0.6 is 22.9 Å². The number of aromatic nitrogens is 5. The van der Waals surface area contributed by atoms with E-state index in [9.17, 15) is 19.1 Å². The number of anilines is 1. The van der Waals surface area contributed by atoms with Gasteiger partial charge in [-0.1, -0.05) is 28.2 Å². The molecule has 0 atom stereocenters. The smallest absolute Gasteiger partial charge is 0.413 e. The molecule has 3 aromatic heterocycles. The molecule has 1 fully saturated rings. The summed E-state index contributed by atoms with van der Waals surface area (Å²) >= 11 is 7.52. The predicted octanol–water partition coefficient (Wildman–Crippen LogP) is 6.07. The molecule has 5 aromatic rings. The van der Waals surface area contributed by atoms with Crippen LogP contribution in [-0.2, 0) is 4.74 Å².